The molecule has 2 heterocycles. The van der Waals surface area contributed by atoms with Gasteiger partial charge in [0.25, 0.3) is 0 Å². The first kappa shape index (κ1) is 26.3. The molecular formula is C43H26N2OS. The van der Waals surface area contributed by atoms with Gasteiger partial charge in [-0.25, -0.2) is 4.98 Å². The van der Waals surface area contributed by atoms with E-state index in [0.29, 0.717) is 0 Å². The number of hydrogen-bond acceptors (Lipinski definition) is 4. The van der Waals surface area contributed by atoms with Gasteiger partial charge in [-0.15, -0.1) is 11.3 Å². The Balaban J connectivity index is 1.17. The fourth-order valence-electron chi connectivity index (χ4n) is 7.08. The summed E-state index contributed by atoms with van der Waals surface area (Å²) in [6.07, 6.45) is 0. The highest BCUT2D eigenvalue weighted by molar-refractivity contribution is 7.19. The van der Waals surface area contributed by atoms with E-state index in [0.717, 1.165) is 55.3 Å². The van der Waals surface area contributed by atoms with Gasteiger partial charge in [0.1, 0.15) is 16.2 Å². The molecule has 0 fully saturated rings. The molecule has 0 saturated heterocycles. The molecule has 9 aromatic rings. The fourth-order valence-corrected chi connectivity index (χ4v) is 8.19. The van der Waals surface area contributed by atoms with Crippen molar-refractivity contribution >= 4 is 61.1 Å². The molecule has 0 saturated carbocycles. The highest BCUT2D eigenvalue weighted by atomic mass is 32.1. The summed E-state index contributed by atoms with van der Waals surface area (Å²) in [5.74, 6) is 0. The molecule has 0 amide bonds. The molecule has 0 bridgehead atoms. The molecule has 0 atom stereocenters. The van der Waals surface area contributed by atoms with E-state index in [1.165, 1.54) is 37.9 Å². The number of hydrogen-bond donors (Lipinski definition) is 0. The molecule has 0 aliphatic heterocycles. The second-order valence-corrected chi connectivity index (χ2v) is 12.9. The Labute approximate surface area is 275 Å². The van der Waals surface area contributed by atoms with E-state index in [1.807, 2.05) is 12.1 Å². The Morgan fingerprint density at radius 1 is 0.489 bits per heavy atom. The number of nitrogens with zero attached hydrogens (tertiary/aromatic N) is 2. The van der Waals surface area contributed by atoms with Crippen LogP contribution in [-0.2, 0) is 0 Å². The van der Waals surface area contributed by atoms with E-state index < -0.39 is 0 Å². The first-order valence-electron chi connectivity index (χ1n) is 15.8. The highest BCUT2D eigenvalue weighted by Gasteiger charge is 2.28. The zero-order chi connectivity index (χ0) is 30.9. The summed E-state index contributed by atoms with van der Waals surface area (Å²) in [5, 5.41) is 5.75. The Hall–Kier alpha value is -5.97. The minimum absolute atomic E-state index is 0.888. The van der Waals surface area contributed by atoms with Gasteiger partial charge in [-0.2, -0.15) is 0 Å². The molecule has 47 heavy (non-hydrogen) atoms. The van der Waals surface area contributed by atoms with Gasteiger partial charge in [-0.3, -0.25) is 0 Å². The van der Waals surface area contributed by atoms with Gasteiger partial charge < -0.3 is 9.32 Å². The zero-order valence-electron chi connectivity index (χ0n) is 25.2. The maximum atomic E-state index is 6.22. The molecule has 0 spiro atoms. The van der Waals surface area contributed by atoms with Crippen molar-refractivity contribution in [2.75, 3.05) is 4.90 Å². The van der Waals surface area contributed by atoms with Crippen molar-refractivity contribution < 1.29 is 4.42 Å². The van der Waals surface area contributed by atoms with Crippen molar-refractivity contribution in [2.45, 2.75) is 0 Å². The van der Waals surface area contributed by atoms with Crippen molar-refractivity contribution in [3.63, 3.8) is 0 Å². The van der Waals surface area contributed by atoms with Gasteiger partial charge in [-0.05, 0) is 53.6 Å². The smallest absolute Gasteiger partial charge is 0.135 e. The largest absolute Gasteiger partial charge is 0.456 e. The predicted molar refractivity (Wildman–Crippen MR) is 197 cm³/mol. The summed E-state index contributed by atoms with van der Waals surface area (Å²) in [6, 6.07) is 55.9. The fraction of sp³-hybridized carbons (Fsp3) is 0. The quantitative estimate of drug-likeness (QED) is 0.192. The number of thiazole rings is 1. The molecule has 0 unspecified atom stereocenters. The predicted octanol–water partition coefficient (Wildman–Crippen LogP) is 12.6. The zero-order valence-corrected chi connectivity index (χ0v) is 26.0. The van der Waals surface area contributed by atoms with Crippen LogP contribution in [0.2, 0.25) is 0 Å². The van der Waals surface area contributed by atoms with Crippen LogP contribution in [0.1, 0.15) is 0 Å². The van der Waals surface area contributed by atoms with Crippen molar-refractivity contribution in [1.82, 2.24) is 4.98 Å². The number of para-hydroxylation sites is 1. The third kappa shape index (κ3) is 4.09. The number of anilines is 3. The number of aromatic nitrogens is 1. The van der Waals surface area contributed by atoms with E-state index in [9.17, 15) is 0 Å². The third-order valence-electron chi connectivity index (χ3n) is 9.26. The normalized spacial score (nSPS) is 11.8. The molecule has 1 aliphatic rings. The lowest BCUT2D eigenvalue weighted by molar-refractivity contribution is 0.669. The van der Waals surface area contributed by atoms with Crippen molar-refractivity contribution in [1.29, 1.82) is 0 Å². The molecule has 7 aromatic carbocycles. The lowest BCUT2D eigenvalue weighted by Crippen LogP contribution is -2.10. The van der Waals surface area contributed by atoms with Crippen LogP contribution in [-0.4, -0.2) is 4.98 Å². The molecule has 0 N–H and O–H groups in total. The van der Waals surface area contributed by atoms with E-state index in [1.54, 1.807) is 11.3 Å². The number of furan rings is 1. The third-order valence-corrected chi connectivity index (χ3v) is 10.4. The summed E-state index contributed by atoms with van der Waals surface area (Å²) in [4.78, 5) is 8.81. The Bertz CT molecular complexity index is 2590. The number of fused-ring (bicyclic) bond motifs is 6. The van der Waals surface area contributed by atoms with Gasteiger partial charge in [-0.1, -0.05) is 115 Å². The van der Waals surface area contributed by atoms with Crippen LogP contribution >= 0.6 is 11.3 Å². The Morgan fingerprint density at radius 2 is 1.17 bits per heavy atom. The molecule has 2 aromatic heterocycles. The summed E-state index contributed by atoms with van der Waals surface area (Å²) in [5.41, 5.74) is 12.2. The minimum atomic E-state index is 0.888. The van der Waals surface area contributed by atoms with Gasteiger partial charge in [0, 0.05) is 49.6 Å². The summed E-state index contributed by atoms with van der Waals surface area (Å²) in [6.45, 7) is 0. The second-order valence-electron chi connectivity index (χ2n) is 12.0. The highest BCUT2D eigenvalue weighted by Crippen LogP contribution is 2.54. The topological polar surface area (TPSA) is 29.3 Å². The van der Waals surface area contributed by atoms with Crippen LogP contribution in [0.3, 0.4) is 0 Å². The van der Waals surface area contributed by atoms with Crippen molar-refractivity contribution in [2.24, 2.45) is 0 Å². The van der Waals surface area contributed by atoms with E-state index in [-0.39, 0.29) is 0 Å². The first-order valence-corrected chi connectivity index (χ1v) is 16.6. The van der Waals surface area contributed by atoms with Gasteiger partial charge in [0.15, 0.2) is 0 Å². The number of rotatable bonds is 5. The van der Waals surface area contributed by atoms with Crippen LogP contribution in [0.4, 0.5) is 17.1 Å². The molecule has 1 aliphatic carbocycles. The van der Waals surface area contributed by atoms with Gasteiger partial charge >= 0.3 is 0 Å². The Kier molecular flexibility index (Phi) is 5.74. The van der Waals surface area contributed by atoms with E-state index in [2.05, 4.69) is 150 Å². The van der Waals surface area contributed by atoms with Crippen LogP contribution < -0.4 is 4.90 Å². The number of benzene rings is 7. The lowest BCUT2D eigenvalue weighted by atomic mass is 10.00. The lowest BCUT2D eigenvalue weighted by Gasteiger charge is -2.27. The monoisotopic (exact) mass is 618 g/mol. The van der Waals surface area contributed by atoms with Crippen LogP contribution in [0.25, 0.3) is 76.1 Å². The molecule has 10 rings (SSSR count). The maximum Gasteiger partial charge on any atom is 0.135 e. The van der Waals surface area contributed by atoms with E-state index >= 15 is 0 Å². The molecule has 3 nitrogen and oxygen atoms in total. The average molecular weight is 619 g/mol. The molecular weight excluding hydrogens is 593 g/mol. The molecule has 4 heteroatoms. The summed E-state index contributed by atoms with van der Waals surface area (Å²) in [7, 11) is 0. The van der Waals surface area contributed by atoms with E-state index in [4.69, 9.17) is 9.40 Å². The maximum absolute atomic E-state index is 6.22. The van der Waals surface area contributed by atoms with Crippen molar-refractivity contribution in [3.8, 4) is 43.4 Å². The second kappa shape index (κ2) is 10.3. The van der Waals surface area contributed by atoms with Crippen molar-refractivity contribution in [3.05, 3.63) is 158 Å². The standard InChI is InChI=1S/C43H26N2OS/c1-3-10-27(11-4-1)28-18-20-30(21-19-28)45(31-22-25-39-36(26-31)32-14-7-8-17-38(32)46-39)37-24-23-35-40-33(37)15-9-16-34(40)41-42(35)47-43(44-41)29-12-5-2-6-13-29/h1-26H. The van der Waals surface area contributed by atoms with Crippen LogP contribution in [0.5, 0.6) is 0 Å². The summed E-state index contributed by atoms with van der Waals surface area (Å²) < 4.78 is 6.22. The SMILES string of the molecule is c1ccc(-c2ccc(N(c3ccc4oc5ccccc5c4c3)c3ccc4c5c(cccc35)-c3nc(-c5ccccc5)sc3-4)cc2)cc1. The molecule has 220 valence electrons. The van der Waals surface area contributed by atoms with Crippen LogP contribution in [0.15, 0.2) is 162 Å². The Morgan fingerprint density at radius 3 is 2.00 bits per heavy atom. The molecule has 0 radical (unpaired) electrons. The van der Waals surface area contributed by atoms with Gasteiger partial charge in [0.2, 0.25) is 0 Å². The summed E-state index contributed by atoms with van der Waals surface area (Å²) >= 11 is 1.78. The van der Waals surface area contributed by atoms with Gasteiger partial charge in [0.05, 0.1) is 16.3 Å². The average Bonchev–Trinajstić information content (AvgIpc) is 3.82. The first-order chi connectivity index (χ1) is 23.3. The van der Waals surface area contributed by atoms with Crippen LogP contribution in [0, 0.1) is 0 Å². The minimum Gasteiger partial charge on any atom is -0.456 e.